The van der Waals surface area contributed by atoms with Gasteiger partial charge < -0.3 is 0 Å². The molecule has 0 saturated heterocycles. The molecule has 0 unspecified atom stereocenters. The van der Waals surface area contributed by atoms with Gasteiger partial charge in [0.05, 0.1) is 0 Å². The monoisotopic (exact) mass is 493 g/mol. The fraction of sp³-hybridized carbons (Fsp3) is 0.171. The van der Waals surface area contributed by atoms with Crippen molar-refractivity contribution in [3.63, 3.8) is 0 Å². The second kappa shape index (κ2) is 10.4. The van der Waals surface area contributed by atoms with Crippen molar-refractivity contribution in [2.45, 2.75) is 40.0 Å². The quantitative estimate of drug-likeness (QED) is 0.238. The van der Waals surface area contributed by atoms with Crippen LogP contribution in [0.1, 0.15) is 48.6 Å². The molecule has 1 aromatic heterocycles. The third kappa shape index (κ3) is 5.88. The molecule has 0 spiro atoms. The maximum atomic E-state index is 4.84. The minimum absolute atomic E-state index is 0.134. The predicted octanol–water partition coefficient (Wildman–Crippen LogP) is 8.19. The first kappa shape index (κ1) is 25.1. The number of hydrogen-bond donors (Lipinski definition) is 0. The standard InChI is InChI=1S/C35H31N3/c1-24-6-16-28(17-7-24)32-36-33(29-18-8-25(2)9-19-29)38-34(37-32)30-20-12-26(13-21-30)10-11-27-14-22-31(23-15-27)35(3,4)5/h6-9,12-23H,1-5H3. The van der Waals surface area contributed by atoms with Gasteiger partial charge >= 0.3 is 0 Å². The molecular weight excluding hydrogens is 462 g/mol. The van der Waals surface area contributed by atoms with E-state index in [0.717, 1.165) is 27.8 Å². The number of benzene rings is 4. The van der Waals surface area contributed by atoms with Crippen LogP contribution in [-0.2, 0) is 5.41 Å². The summed E-state index contributed by atoms with van der Waals surface area (Å²) in [6, 6.07) is 33.1. The second-order valence-electron chi connectivity index (χ2n) is 10.7. The summed E-state index contributed by atoms with van der Waals surface area (Å²) < 4.78 is 0. The van der Waals surface area contributed by atoms with Gasteiger partial charge in [0.2, 0.25) is 0 Å². The highest BCUT2D eigenvalue weighted by atomic mass is 15.0. The Balaban J connectivity index is 1.47. The van der Waals surface area contributed by atoms with Gasteiger partial charge in [-0.2, -0.15) is 0 Å². The van der Waals surface area contributed by atoms with Crippen LogP contribution in [-0.4, -0.2) is 15.0 Å². The fourth-order valence-electron chi connectivity index (χ4n) is 4.07. The van der Waals surface area contributed by atoms with Crippen LogP contribution in [0.2, 0.25) is 0 Å². The van der Waals surface area contributed by atoms with Crippen molar-refractivity contribution < 1.29 is 0 Å². The summed E-state index contributed by atoms with van der Waals surface area (Å²) in [6.07, 6.45) is 0. The first-order valence-corrected chi connectivity index (χ1v) is 12.9. The normalized spacial score (nSPS) is 11.1. The molecule has 0 bridgehead atoms. The average molecular weight is 494 g/mol. The summed E-state index contributed by atoms with van der Waals surface area (Å²) >= 11 is 0. The van der Waals surface area contributed by atoms with E-state index in [1.165, 1.54) is 16.7 Å². The molecule has 0 amide bonds. The van der Waals surface area contributed by atoms with Crippen LogP contribution in [0.5, 0.6) is 0 Å². The molecule has 0 N–H and O–H groups in total. The number of hydrogen-bond acceptors (Lipinski definition) is 3. The molecule has 0 aliphatic rings. The molecule has 5 aromatic rings. The Morgan fingerprint density at radius 3 is 1.11 bits per heavy atom. The molecule has 0 fully saturated rings. The van der Waals surface area contributed by atoms with Crippen molar-refractivity contribution >= 4 is 0 Å². The fourth-order valence-corrected chi connectivity index (χ4v) is 4.07. The van der Waals surface area contributed by atoms with Gasteiger partial charge in [-0.05, 0) is 61.2 Å². The van der Waals surface area contributed by atoms with E-state index in [1.54, 1.807) is 0 Å². The van der Waals surface area contributed by atoms with E-state index >= 15 is 0 Å². The molecule has 0 radical (unpaired) electrons. The summed E-state index contributed by atoms with van der Waals surface area (Å²) in [7, 11) is 0. The zero-order chi connectivity index (χ0) is 26.7. The first-order chi connectivity index (χ1) is 18.2. The van der Waals surface area contributed by atoms with Crippen molar-refractivity contribution in [2.75, 3.05) is 0 Å². The van der Waals surface area contributed by atoms with Crippen LogP contribution in [0.25, 0.3) is 34.2 Å². The Bertz CT molecular complexity index is 1550. The van der Waals surface area contributed by atoms with E-state index in [2.05, 4.69) is 119 Å². The molecule has 3 nitrogen and oxygen atoms in total. The molecule has 0 atom stereocenters. The highest BCUT2D eigenvalue weighted by Gasteiger charge is 2.13. The molecule has 4 aromatic carbocycles. The van der Waals surface area contributed by atoms with E-state index in [4.69, 9.17) is 15.0 Å². The molecule has 0 aliphatic carbocycles. The smallest absolute Gasteiger partial charge is 0.164 e. The number of rotatable bonds is 3. The largest absolute Gasteiger partial charge is 0.208 e. The van der Waals surface area contributed by atoms with E-state index in [9.17, 15) is 0 Å². The van der Waals surface area contributed by atoms with E-state index in [1.807, 2.05) is 24.3 Å². The lowest BCUT2D eigenvalue weighted by Gasteiger charge is -2.18. The molecule has 0 saturated carbocycles. The van der Waals surface area contributed by atoms with Gasteiger partial charge in [0, 0.05) is 27.8 Å². The molecule has 38 heavy (non-hydrogen) atoms. The van der Waals surface area contributed by atoms with Gasteiger partial charge in [0.15, 0.2) is 17.5 Å². The zero-order valence-corrected chi connectivity index (χ0v) is 22.6. The maximum absolute atomic E-state index is 4.84. The van der Waals surface area contributed by atoms with Crippen molar-refractivity contribution in [3.05, 3.63) is 125 Å². The molecule has 0 aliphatic heterocycles. The second-order valence-corrected chi connectivity index (χ2v) is 10.7. The average Bonchev–Trinajstić information content (AvgIpc) is 2.92. The summed E-state index contributed by atoms with van der Waals surface area (Å²) in [4.78, 5) is 14.5. The molecule has 3 heteroatoms. The number of nitrogens with zero attached hydrogens (tertiary/aromatic N) is 3. The lowest BCUT2D eigenvalue weighted by molar-refractivity contribution is 0.590. The lowest BCUT2D eigenvalue weighted by Crippen LogP contribution is -2.10. The van der Waals surface area contributed by atoms with Crippen LogP contribution in [0.15, 0.2) is 97.1 Å². The lowest BCUT2D eigenvalue weighted by atomic mass is 9.87. The summed E-state index contributed by atoms with van der Waals surface area (Å²) in [6.45, 7) is 10.8. The van der Waals surface area contributed by atoms with Crippen molar-refractivity contribution in [3.8, 4) is 46.0 Å². The third-order valence-electron chi connectivity index (χ3n) is 6.50. The van der Waals surface area contributed by atoms with Gasteiger partial charge in [-0.25, -0.2) is 15.0 Å². The Labute approximate surface area is 225 Å². The van der Waals surface area contributed by atoms with Crippen molar-refractivity contribution in [1.29, 1.82) is 0 Å². The summed E-state index contributed by atoms with van der Waals surface area (Å²) in [5.41, 5.74) is 8.64. The molecule has 1 heterocycles. The molecule has 5 rings (SSSR count). The predicted molar refractivity (Wildman–Crippen MR) is 157 cm³/mol. The van der Waals surface area contributed by atoms with E-state index < -0.39 is 0 Å². The van der Waals surface area contributed by atoms with Gasteiger partial charge in [0.25, 0.3) is 0 Å². The number of aromatic nitrogens is 3. The highest BCUT2D eigenvalue weighted by Crippen LogP contribution is 2.26. The molecular formula is C35H31N3. The first-order valence-electron chi connectivity index (χ1n) is 12.9. The Hall–Kier alpha value is -4.55. The summed E-state index contributed by atoms with van der Waals surface area (Å²) in [5, 5.41) is 0. The van der Waals surface area contributed by atoms with Gasteiger partial charge in [-0.3, -0.25) is 0 Å². The van der Waals surface area contributed by atoms with Crippen LogP contribution < -0.4 is 0 Å². The minimum atomic E-state index is 0.134. The highest BCUT2D eigenvalue weighted by molar-refractivity contribution is 5.67. The maximum Gasteiger partial charge on any atom is 0.164 e. The van der Waals surface area contributed by atoms with E-state index in [0.29, 0.717) is 17.5 Å². The molecule has 186 valence electrons. The van der Waals surface area contributed by atoms with Crippen molar-refractivity contribution in [2.24, 2.45) is 0 Å². The minimum Gasteiger partial charge on any atom is -0.208 e. The van der Waals surface area contributed by atoms with Crippen LogP contribution >= 0.6 is 0 Å². The van der Waals surface area contributed by atoms with Crippen molar-refractivity contribution in [1.82, 2.24) is 15.0 Å². The van der Waals surface area contributed by atoms with E-state index in [-0.39, 0.29) is 5.41 Å². The van der Waals surface area contributed by atoms with Crippen LogP contribution in [0.3, 0.4) is 0 Å². The number of aryl methyl sites for hydroxylation is 2. The topological polar surface area (TPSA) is 38.7 Å². The SMILES string of the molecule is Cc1ccc(-c2nc(-c3ccc(C)cc3)nc(-c3ccc(C#Cc4ccc(C(C)(C)C)cc4)cc3)n2)cc1. The summed E-state index contributed by atoms with van der Waals surface area (Å²) in [5.74, 6) is 8.52. The third-order valence-corrected chi connectivity index (χ3v) is 6.50. The van der Waals surface area contributed by atoms with Gasteiger partial charge in [-0.15, -0.1) is 0 Å². The Kier molecular flexibility index (Phi) is 6.90. The van der Waals surface area contributed by atoms with Crippen LogP contribution in [0, 0.1) is 25.7 Å². The zero-order valence-electron chi connectivity index (χ0n) is 22.6. The van der Waals surface area contributed by atoms with Crippen LogP contribution in [0.4, 0.5) is 0 Å². The Morgan fingerprint density at radius 1 is 0.447 bits per heavy atom. The Morgan fingerprint density at radius 2 is 0.763 bits per heavy atom. The van der Waals surface area contributed by atoms with Gasteiger partial charge in [0.1, 0.15) is 0 Å². The van der Waals surface area contributed by atoms with Gasteiger partial charge in [-0.1, -0.05) is 104 Å².